The summed E-state index contributed by atoms with van der Waals surface area (Å²) in [6.45, 7) is 46.1. The van der Waals surface area contributed by atoms with Crippen molar-refractivity contribution in [3.8, 4) is 0 Å². The molecule has 131 heavy (non-hydrogen) atoms. The van der Waals surface area contributed by atoms with Gasteiger partial charge in [0.25, 0.3) is 0 Å². The third-order valence-electron chi connectivity index (χ3n) is 34.6. The monoisotopic (exact) mass is 1740 g/mol. The Hall–Kier alpha value is -11.9. The Bertz CT molecular complexity index is 7530. The standard InChI is InChI=1S/C26H26N2O.C24H23N3O.2C22H26N2O.C21H24N2O/c1-15-10-12-18-19-13-11-16(2)27-24(19)29-23(18)22(15)28-17(3)25(4)14-26(28,5)21-9-7-6-8-20(21)25;1-14-9-11-17-18-12-10-15(2)25-23(18)28-22(17)21(14)27-16(3)26-13-24(27,4)19-7-5-6-8-20(19)26;1-13-5-7-17-18-8-6-14(2)23-21(18)25-20(17)19(13)24-15(3)22(4)11-9-16(24)10-12-22;1-13-5-7-17-18-8-6-14(2)23-21(18)25-20(17)19(13)24-15(3)16-9-11-22(24,4)12-10-16;1-12-4-10-17-18-11-5-13(2)22-21(18)24-20(17)19(12)23-14(3)15-6-8-16(23)9-7-15/h6-13,17H,14H2,1-5H3;5-12,16H,13H2,1-4H3;2*5-8,15-16H,9-12H2,1-4H3;4-5,10-11,14-16H,6-9H2,1-3H3. The topological polar surface area (TPSA) is 150 Å². The molecule has 8 atom stereocenters. The van der Waals surface area contributed by atoms with Crippen LogP contribution in [0.4, 0.5) is 34.1 Å². The summed E-state index contributed by atoms with van der Waals surface area (Å²) < 4.78 is 31.8. The molecule has 9 aliphatic heterocycles. The minimum absolute atomic E-state index is 0.0356. The SMILES string of the molecule is Cc1ccc2c(n1)oc1c(N3C(C)C4(C)CC3(C)c3ccccc34)c(C)ccc12.Cc1ccc2c(n1)oc1c(N3C(C)C4CCC3(C)CC4)c(C)ccc12.Cc1ccc2c(n1)oc1c(N3C(C)N4CC3(C)c3ccccc34)c(C)ccc12.Cc1ccc2c(n1)oc1c(N3C4CCC(C)(CC4)C3C)c(C)ccc12.Cc1ccc2c(n1)oc1c(N3C4CCC(CC4)C3C)c(C)ccc12. The summed E-state index contributed by atoms with van der Waals surface area (Å²) in [4.78, 5) is 38.9. The first-order valence-corrected chi connectivity index (χ1v) is 48.8. The number of fused-ring (bicyclic) bond motifs is 34. The summed E-state index contributed by atoms with van der Waals surface area (Å²) in [5.41, 5.74) is 32.9. The van der Waals surface area contributed by atoms with Crippen LogP contribution in [0.25, 0.3) is 110 Å². The van der Waals surface area contributed by atoms with E-state index in [4.69, 9.17) is 22.1 Å². The summed E-state index contributed by atoms with van der Waals surface area (Å²) in [7, 11) is 0. The molecule has 10 aromatic heterocycles. The number of anilines is 6. The van der Waals surface area contributed by atoms with Crippen molar-refractivity contribution in [2.75, 3.05) is 35.9 Å². The highest BCUT2D eigenvalue weighted by Crippen LogP contribution is 2.64. The lowest BCUT2D eigenvalue weighted by Gasteiger charge is -2.58. The number of furan rings is 5. The first-order chi connectivity index (χ1) is 62.9. The van der Waals surface area contributed by atoms with Gasteiger partial charge in [0, 0.05) is 147 Å². The maximum atomic E-state index is 6.43. The fourth-order valence-corrected chi connectivity index (χ4v) is 27.3. The molecular formula is C115H125N11O5. The first-order valence-electron chi connectivity index (χ1n) is 48.8. The third kappa shape index (κ3) is 12.5. The van der Waals surface area contributed by atoms with Gasteiger partial charge in [0.1, 0.15) is 0 Å². The van der Waals surface area contributed by atoms with E-state index >= 15 is 0 Å². The number of benzene rings is 7. The molecule has 16 heteroatoms. The lowest BCUT2D eigenvalue weighted by molar-refractivity contribution is 0.0967. The van der Waals surface area contributed by atoms with Gasteiger partial charge < -0.3 is 51.5 Å². The number of piperidine rings is 6. The summed E-state index contributed by atoms with van der Waals surface area (Å²) in [5.74, 6) is 1.63. The molecule has 16 nitrogen and oxygen atoms in total. The molecule has 0 spiro atoms. The number of para-hydroxylation sites is 1. The molecule has 3 saturated carbocycles. The van der Waals surface area contributed by atoms with Crippen molar-refractivity contribution in [1.29, 1.82) is 0 Å². The molecule has 8 saturated heterocycles. The Morgan fingerprint density at radius 1 is 0.305 bits per heavy atom. The van der Waals surface area contributed by atoms with Crippen molar-refractivity contribution in [2.24, 2.45) is 17.3 Å². The maximum Gasteiger partial charge on any atom is 0.227 e. The van der Waals surface area contributed by atoms with Gasteiger partial charge in [0.15, 0.2) is 27.9 Å². The zero-order valence-electron chi connectivity index (χ0n) is 80.2. The van der Waals surface area contributed by atoms with Crippen molar-refractivity contribution >= 4 is 144 Å². The Morgan fingerprint density at radius 3 is 1.08 bits per heavy atom. The molecule has 0 amide bonds. The minimum atomic E-state index is -0.0721. The van der Waals surface area contributed by atoms with E-state index in [2.05, 4.69) is 328 Å². The van der Waals surface area contributed by atoms with Gasteiger partial charge in [-0.1, -0.05) is 117 Å². The molecule has 7 aromatic carbocycles. The van der Waals surface area contributed by atoms with Crippen LogP contribution >= 0.6 is 0 Å². The summed E-state index contributed by atoms with van der Waals surface area (Å²) in [6, 6.07) is 64.5. The first kappa shape index (κ1) is 83.4. The molecule has 17 aromatic rings. The van der Waals surface area contributed by atoms with Crippen molar-refractivity contribution in [3.63, 3.8) is 0 Å². The number of aromatic nitrogens is 5. The lowest BCUT2D eigenvalue weighted by Crippen LogP contribution is -2.61. The largest absolute Gasteiger partial charge is 0.436 e. The number of hydrogen-bond acceptors (Lipinski definition) is 16. The number of aryl methyl sites for hydroxylation is 10. The lowest BCUT2D eigenvalue weighted by atomic mass is 9.64. The molecule has 30 rings (SSSR count). The normalized spacial score (nSPS) is 27.1. The summed E-state index contributed by atoms with van der Waals surface area (Å²) >= 11 is 0. The van der Waals surface area contributed by atoms with E-state index in [1.165, 1.54) is 172 Å². The zero-order chi connectivity index (χ0) is 90.4. The fraction of sp³-hybridized carbons (Fsp3) is 0.417. The molecule has 13 aliphatic rings. The molecule has 670 valence electrons. The van der Waals surface area contributed by atoms with Crippen molar-refractivity contribution in [2.45, 2.75) is 286 Å². The van der Waals surface area contributed by atoms with Crippen molar-refractivity contribution in [3.05, 3.63) is 243 Å². The van der Waals surface area contributed by atoms with Gasteiger partial charge in [-0.3, -0.25) is 0 Å². The second kappa shape index (κ2) is 30.1. The van der Waals surface area contributed by atoms with Crippen LogP contribution in [0.2, 0.25) is 0 Å². The second-order valence-electron chi connectivity index (χ2n) is 42.6. The molecule has 0 N–H and O–H groups in total. The van der Waals surface area contributed by atoms with E-state index in [0.29, 0.717) is 41.7 Å². The summed E-state index contributed by atoms with van der Waals surface area (Å²) in [5, 5.41) is 11.5. The summed E-state index contributed by atoms with van der Waals surface area (Å²) in [6.07, 6.45) is 17.4. The molecule has 11 fully saturated rings. The second-order valence-corrected chi connectivity index (χ2v) is 42.6. The van der Waals surface area contributed by atoms with Crippen LogP contribution in [0, 0.1) is 86.5 Å². The van der Waals surface area contributed by atoms with Crippen LogP contribution in [-0.2, 0) is 16.5 Å². The highest BCUT2D eigenvalue weighted by atomic mass is 16.4. The van der Waals surface area contributed by atoms with E-state index in [-0.39, 0.29) is 28.2 Å². The average molecular weight is 1740 g/mol. The van der Waals surface area contributed by atoms with Gasteiger partial charge in [-0.15, -0.1) is 0 Å². The Labute approximate surface area is 769 Å². The van der Waals surface area contributed by atoms with Gasteiger partial charge >= 0.3 is 0 Å². The van der Waals surface area contributed by atoms with Crippen molar-refractivity contribution in [1.82, 2.24) is 24.9 Å². The van der Waals surface area contributed by atoms with Crippen LogP contribution in [0.1, 0.15) is 226 Å². The van der Waals surface area contributed by atoms with Crippen LogP contribution in [0.3, 0.4) is 0 Å². The van der Waals surface area contributed by atoms with E-state index in [0.717, 1.165) is 147 Å². The Morgan fingerprint density at radius 2 is 0.656 bits per heavy atom. The minimum Gasteiger partial charge on any atom is -0.436 e. The van der Waals surface area contributed by atoms with Gasteiger partial charge in [-0.25, -0.2) is 24.9 Å². The molecule has 8 unspecified atom stereocenters. The fourth-order valence-electron chi connectivity index (χ4n) is 27.3. The molecule has 0 radical (unpaired) electrons. The predicted molar refractivity (Wildman–Crippen MR) is 538 cm³/mol. The smallest absolute Gasteiger partial charge is 0.227 e. The Balaban J connectivity index is 0.0000000932. The van der Waals surface area contributed by atoms with Crippen LogP contribution in [0.5, 0.6) is 0 Å². The maximum absolute atomic E-state index is 6.43. The van der Waals surface area contributed by atoms with Gasteiger partial charge in [0.05, 0.1) is 45.7 Å². The van der Waals surface area contributed by atoms with Crippen LogP contribution < -0.4 is 29.4 Å². The molecular weight excluding hydrogens is 1620 g/mol. The van der Waals surface area contributed by atoms with Crippen LogP contribution in [-0.4, -0.2) is 79.4 Å². The van der Waals surface area contributed by atoms with Gasteiger partial charge in [0.2, 0.25) is 28.6 Å². The van der Waals surface area contributed by atoms with E-state index < -0.39 is 0 Å². The van der Waals surface area contributed by atoms with Gasteiger partial charge in [-0.05, 0) is 331 Å². The number of rotatable bonds is 5. The number of pyridine rings is 5. The van der Waals surface area contributed by atoms with E-state index in [1.807, 2.05) is 34.6 Å². The Kier molecular flexibility index (Phi) is 19.1. The molecule has 4 aliphatic carbocycles. The third-order valence-corrected chi connectivity index (χ3v) is 34.6. The zero-order valence-corrected chi connectivity index (χ0v) is 80.2. The molecule has 10 bridgehead atoms. The van der Waals surface area contributed by atoms with E-state index in [1.54, 1.807) is 0 Å². The van der Waals surface area contributed by atoms with Crippen LogP contribution in [0.15, 0.2) is 192 Å². The average Bonchev–Trinajstić information content (AvgIpc) is 1.49. The highest BCUT2D eigenvalue weighted by Gasteiger charge is 2.63. The van der Waals surface area contributed by atoms with E-state index in [9.17, 15) is 0 Å². The predicted octanol–water partition coefficient (Wildman–Crippen LogP) is 28.8. The molecule has 19 heterocycles. The highest BCUT2D eigenvalue weighted by molar-refractivity contribution is 6.13. The van der Waals surface area contributed by atoms with Gasteiger partial charge in [-0.2, -0.15) is 0 Å². The quantitative estimate of drug-likeness (QED) is 0.161. The number of hydrogen-bond donors (Lipinski definition) is 0. The number of nitrogens with zero attached hydrogens (tertiary/aromatic N) is 11. The van der Waals surface area contributed by atoms with Crippen molar-refractivity contribution < 1.29 is 22.1 Å².